The van der Waals surface area contributed by atoms with Crippen LogP contribution in [0.25, 0.3) is 0 Å². The standard InChI is InChI=1S/C9H12O3/c1-5-2-3-6-7(4-5)9(11)12-8(6)10/h5-7H,2-4H2,1H3/t5-,6-,7+/m0/s1. The molecule has 66 valence electrons. The van der Waals surface area contributed by atoms with Crippen molar-refractivity contribution >= 4 is 11.9 Å². The molecule has 1 aliphatic carbocycles. The van der Waals surface area contributed by atoms with Crippen LogP contribution >= 0.6 is 0 Å². The highest BCUT2D eigenvalue weighted by molar-refractivity contribution is 5.96. The van der Waals surface area contributed by atoms with E-state index in [1.807, 2.05) is 0 Å². The van der Waals surface area contributed by atoms with Crippen molar-refractivity contribution in [2.24, 2.45) is 17.8 Å². The average molecular weight is 168 g/mol. The molecular weight excluding hydrogens is 156 g/mol. The molecule has 1 heterocycles. The topological polar surface area (TPSA) is 43.4 Å². The molecule has 1 saturated heterocycles. The molecule has 0 N–H and O–H groups in total. The quantitative estimate of drug-likeness (QED) is 0.402. The predicted octanol–water partition coefficient (Wildman–Crippen LogP) is 1.12. The fourth-order valence-corrected chi connectivity index (χ4v) is 2.17. The van der Waals surface area contributed by atoms with Gasteiger partial charge in [0, 0.05) is 0 Å². The number of hydrogen-bond acceptors (Lipinski definition) is 3. The van der Waals surface area contributed by atoms with Gasteiger partial charge in [-0.3, -0.25) is 9.59 Å². The van der Waals surface area contributed by atoms with E-state index in [1.54, 1.807) is 0 Å². The fourth-order valence-electron chi connectivity index (χ4n) is 2.17. The highest BCUT2D eigenvalue weighted by Gasteiger charge is 2.46. The average Bonchev–Trinajstić information content (AvgIpc) is 2.28. The number of hydrogen-bond donors (Lipinski definition) is 0. The molecule has 1 aliphatic heterocycles. The molecule has 2 rings (SSSR count). The molecular formula is C9H12O3. The van der Waals surface area contributed by atoms with Gasteiger partial charge in [0.15, 0.2) is 0 Å². The number of esters is 2. The second kappa shape index (κ2) is 2.57. The first-order valence-electron chi connectivity index (χ1n) is 4.44. The van der Waals surface area contributed by atoms with E-state index in [-0.39, 0.29) is 23.8 Å². The highest BCUT2D eigenvalue weighted by Crippen LogP contribution is 2.38. The first kappa shape index (κ1) is 7.77. The van der Waals surface area contributed by atoms with Crippen molar-refractivity contribution < 1.29 is 14.3 Å². The van der Waals surface area contributed by atoms with Crippen LogP contribution in [0.3, 0.4) is 0 Å². The summed E-state index contributed by atoms with van der Waals surface area (Å²) < 4.78 is 4.58. The molecule has 0 radical (unpaired) electrons. The van der Waals surface area contributed by atoms with Crippen LogP contribution in [0.2, 0.25) is 0 Å². The Morgan fingerprint density at radius 1 is 1.17 bits per heavy atom. The second-order valence-corrected chi connectivity index (χ2v) is 3.87. The Morgan fingerprint density at radius 2 is 1.83 bits per heavy atom. The summed E-state index contributed by atoms with van der Waals surface area (Å²) in [4.78, 5) is 22.2. The van der Waals surface area contributed by atoms with Crippen molar-refractivity contribution in [2.45, 2.75) is 26.2 Å². The number of carbonyl (C=O) groups excluding carboxylic acids is 2. The first-order valence-corrected chi connectivity index (χ1v) is 4.44. The van der Waals surface area contributed by atoms with Crippen LogP contribution in [0.5, 0.6) is 0 Å². The Kier molecular flexibility index (Phi) is 1.67. The van der Waals surface area contributed by atoms with Gasteiger partial charge in [-0.05, 0) is 25.2 Å². The van der Waals surface area contributed by atoms with E-state index >= 15 is 0 Å². The highest BCUT2D eigenvalue weighted by atomic mass is 16.6. The number of ether oxygens (including phenoxy) is 1. The maximum absolute atomic E-state index is 11.1. The third-order valence-electron chi connectivity index (χ3n) is 2.92. The van der Waals surface area contributed by atoms with Crippen LogP contribution < -0.4 is 0 Å². The van der Waals surface area contributed by atoms with E-state index in [4.69, 9.17) is 0 Å². The molecule has 0 aromatic rings. The summed E-state index contributed by atoms with van der Waals surface area (Å²) in [5.74, 6) is -0.270. The number of fused-ring (bicyclic) bond motifs is 1. The Morgan fingerprint density at radius 3 is 2.58 bits per heavy atom. The zero-order valence-corrected chi connectivity index (χ0v) is 7.08. The third-order valence-corrected chi connectivity index (χ3v) is 2.92. The number of rotatable bonds is 0. The molecule has 1 saturated carbocycles. The molecule has 0 bridgehead atoms. The molecule has 3 nitrogen and oxygen atoms in total. The lowest BCUT2D eigenvalue weighted by atomic mass is 9.76. The zero-order chi connectivity index (χ0) is 8.72. The molecule has 0 unspecified atom stereocenters. The van der Waals surface area contributed by atoms with Crippen molar-refractivity contribution in [3.8, 4) is 0 Å². The van der Waals surface area contributed by atoms with Gasteiger partial charge < -0.3 is 4.74 Å². The lowest BCUT2D eigenvalue weighted by Gasteiger charge is -2.24. The van der Waals surface area contributed by atoms with Gasteiger partial charge in [-0.25, -0.2) is 0 Å². The van der Waals surface area contributed by atoms with Crippen LogP contribution in [0.1, 0.15) is 26.2 Å². The Hall–Kier alpha value is -0.860. The summed E-state index contributed by atoms with van der Waals surface area (Å²) in [6, 6.07) is 0. The lowest BCUT2D eigenvalue weighted by Crippen LogP contribution is -2.25. The van der Waals surface area contributed by atoms with Crippen molar-refractivity contribution in [3.05, 3.63) is 0 Å². The third kappa shape index (κ3) is 1.04. The van der Waals surface area contributed by atoms with Crippen LogP contribution in [0.4, 0.5) is 0 Å². The lowest BCUT2D eigenvalue weighted by molar-refractivity contribution is -0.153. The van der Waals surface area contributed by atoms with Crippen molar-refractivity contribution in [2.75, 3.05) is 0 Å². The molecule has 3 heteroatoms. The molecule has 0 amide bonds. The summed E-state index contributed by atoms with van der Waals surface area (Å²) >= 11 is 0. The van der Waals surface area contributed by atoms with Gasteiger partial charge in [0.05, 0.1) is 11.8 Å². The van der Waals surface area contributed by atoms with Crippen LogP contribution in [0.15, 0.2) is 0 Å². The minimum Gasteiger partial charge on any atom is -0.393 e. The Balaban J connectivity index is 2.17. The maximum Gasteiger partial charge on any atom is 0.317 e. The van der Waals surface area contributed by atoms with Gasteiger partial charge in [-0.15, -0.1) is 0 Å². The minimum absolute atomic E-state index is 0.117. The zero-order valence-electron chi connectivity index (χ0n) is 7.08. The van der Waals surface area contributed by atoms with Gasteiger partial charge >= 0.3 is 11.9 Å². The van der Waals surface area contributed by atoms with Gasteiger partial charge in [-0.1, -0.05) is 6.92 Å². The van der Waals surface area contributed by atoms with E-state index in [9.17, 15) is 9.59 Å². The first-order chi connectivity index (χ1) is 5.68. The normalized spacial score (nSPS) is 40.9. The Bertz CT molecular complexity index is 234. The van der Waals surface area contributed by atoms with Crippen molar-refractivity contribution in [3.63, 3.8) is 0 Å². The van der Waals surface area contributed by atoms with E-state index in [2.05, 4.69) is 11.7 Å². The second-order valence-electron chi connectivity index (χ2n) is 3.87. The van der Waals surface area contributed by atoms with Crippen LogP contribution in [0, 0.1) is 17.8 Å². The molecule has 3 atom stereocenters. The SMILES string of the molecule is C[C@H]1CC[C@@H]2C(=O)OC(=O)[C@@H]2C1. The molecule has 2 aliphatic rings. The molecule has 0 aromatic heterocycles. The maximum atomic E-state index is 11.1. The number of carbonyl (C=O) groups is 2. The molecule has 0 spiro atoms. The molecule has 2 fully saturated rings. The monoisotopic (exact) mass is 168 g/mol. The van der Waals surface area contributed by atoms with Crippen LogP contribution in [-0.4, -0.2) is 11.9 Å². The largest absolute Gasteiger partial charge is 0.393 e. The van der Waals surface area contributed by atoms with E-state index in [0.29, 0.717) is 5.92 Å². The van der Waals surface area contributed by atoms with E-state index < -0.39 is 0 Å². The van der Waals surface area contributed by atoms with Gasteiger partial charge in [-0.2, -0.15) is 0 Å². The number of cyclic esters (lactones) is 2. The van der Waals surface area contributed by atoms with Gasteiger partial charge in [0.2, 0.25) is 0 Å². The summed E-state index contributed by atoms with van der Waals surface area (Å²) in [7, 11) is 0. The van der Waals surface area contributed by atoms with Crippen molar-refractivity contribution in [1.82, 2.24) is 0 Å². The summed E-state index contributed by atoms with van der Waals surface area (Å²) in [6.07, 6.45) is 2.70. The Labute approximate surface area is 71.1 Å². The smallest absolute Gasteiger partial charge is 0.317 e. The minimum atomic E-state index is -0.295. The fraction of sp³-hybridized carbons (Fsp3) is 0.778. The van der Waals surface area contributed by atoms with Crippen LogP contribution in [-0.2, 0) is 14.3 Å². The van der Waals surface area contributed by atoms with Gasteiger partial charge in [0.25, 0.3) is 0 Å². The van der Waals surface area contributed by atoms with Crippen molar-refractivity contribution in [1.29, 1.82) is 0 Å². The summed E-state index contributed by atoms with van der Waals surface area (Å²) in [5.41, 5.74) is 0. The molecule has 0 aromatic carbocycles. The van der Waals surface area contributed by atoms with E-state index in [1.165, 1.54) is 0 Å². The van der Waals surface area contributed by atoms with Gasteiger partial charge in [0.1, 0.15) is 0 Å². The summed E-state index contributed by atoms with van der Waals surface area (Å²) in [6.45, 7) is 2.12. The predicted molar refractivity (Wildman–Crippen MR) is 41.1 cm³/mol. The van der Waals surface area contributed by atoms with E-state index in [0.717, 1.165) is 19.3 Å². The molecule has 12 heavy (non-hydrogen) atoms. The summed E-state index contributed by atoms with van der Waals surface area (Å²) in [5, 5.41) is 0.